The topological polar surface area (TPSA) is 76.3 Å². The summed E-state index contributed by atoms with van der Waals surface area (Å²) in [5.41, 5.74) is 10.1. The van der Waals surface area contributed by atoms with Crippen LogP contribution in [-0.4, -0.2) is 28.2 Å². The summed E-state index contributed by atoms with van der Waals surface area (Å²) in [6.45, 7) is 6.24. The molecule has 2 N–H and O–H groups in total. The van der Waals surface area contributed by atoms with E-state index in [0.717, 1.165) is 33.2 Å². The molecule has 4 rings (SSSR count). The molecule has 1 aliphatic rings. The number of hydrogen-bond acceptors (Lipinski definition) is 3. The minimum absolute atomic E-state index is 0.104. The van der Waals surface area contributed by atoms with Gasteiger partial charge >= 0.3 is 0 Å². The Kier molecular flexibility index (Phi) is 4.00. The molecule has 134 valence electrons. The molecule has 0 saturated heterocycles. The molecule has 0 bridgehead atoms. The van der Waals surface area contributed by atoms with Crippen LogP contribution >= 0.6 is 0 Å². The van der Waals surface area contributed by atoms with Crippen molar-refractivity contribution in [3.8, 4) is 11.3 Å². The van der Waals surface area contributed by atoms with Gasteiger partial charge < -0.3 is 10.6 Å². The van der Waals surface area contributed by atoms with E-state index in [0.29, 0.717) is 12.1 Å². The Hall–Kier alpha value is -3.47. The molecule has 1 aromatic heterocycles. The van der Waals surface area contributed by atoms with Crippen LogP contribution in [0.2, 0.25) is 0 Å². The van der Waals surface area contributed by atoms with E-state index in [2.05, 4.69) is 17.6 Å². The predicted molar refractivity (Wildman–Crippen MR) is 105 cm³/mol. The van der Waals surface area contributed by atoms with E-state index in [1.165, 1.54) is 0 Å². The highest BCUT2D eigenvalue weighted by Gasteiger charge is 2.29. The van der Waals surface area contributed by atoms with Crippen molar-refractivity contribution in [2.24, 2.45) is 5.73 Å². The summed E-state index contributed by atoms with van der Waals surface area (Å²) in [4.78, 5) is 30.1. The molecule has 0 unspecified atom stereocenters. The fourth-order valence-corrected chi connectivity index (χ4v) is 3.42. The van der Waals surface area contributed by atoms with Crippen molar-refractivity contribution in [3.63, 3.8) is 0 Å². The lowest BCUT2D eigenvalue weighted by Crippen LogP contribution is -2.30. The smallest absolute Gasteiger partial charge is 0.254 e. The first-order valence-electron chi connectivity index (χ1n) is 8.69. The Morgan fingerprint density at radius 2 is 2.00 bits per heavy atom. The SMILES string of the molecule is C=C(CN1Cc2c(ccc3ccc(-c4ccc(C)cn4)cc23)C1=O)C(N)=O. The molecular formula is C22H19N3O2. The van der Waals surface area contributed by atoms with Crippen molar-refractivity contribution in [2.75, 3.05) is 6.54 Å². The van der Waals surface area contributed by atoms with Crippen LogP contribution < -0.4 is 5.73 Å². The largest absolute Gasteiger partial charge is 0.366 e. The summed E-state index contributed by atoms with van der Waals surface area (Å²) in [5.74, 6) is -0.690. The van der Waals surface area contributed by atoms with Crippen molar-refractivity contribution >= 4 is 22.6 Å². The zero-order valence-electron chi connectivity index (χ0n) is 15.0. The molecule has 2 heterocycles. The Morgan fingerprint density at radius 1 is 1.22 bits per heavy atom. The summed E-state index contributed by atoms with van der Waals surface area (Å²) < 4.78 is 0. The average Bonchev–Trinajstić information content (AvgIpc) is 2.98. The first-order chi connectivity index (χ1) is 12.9. The van der Waals surface area contributed by atoms with Gasteiger partial charge in [0.15, 0.2) is 0 Å². The number of carbonyl (C=O) groups excluding carboxylic acids is 2. The zero-order valence-corrected chi connectivity index (χ0v) is 15.0. The summed E-state index contributed by atoms with van der Waals surface area (Å²) in [7, 11) is 0. The highest BCUT2D eigenvalue weighted by molar-refractivity contribution is 6.05. The summed E-state index contributed by atoms with van der Waals surface area (Å²) >= 11 is 0. The molecule has 0 saturated carbocycles. The maximum atomic E-state index is 12.7. The minimum atomic E-state index is -0.587. The summed E-state index contributed by atoms with van der Waals surface area (Å²) in [6, 6.07) is 14.0. The second-order valence-electron chi connectivity index (χ2n) is 6.88. The maximum Gasteiger partial charge on any atom is 0.254 e. The Balaban J connectivity index is 1.76. The lowest BCUT2D eigenvalue weighted by Gasteiger charge is -2.15. The van der Waals surface area contributed by atoms with E-state index in [4.69, 9.17) is 5.73 Å². The molecular weight excluding hydrogens is 338 g/mol. The number of primary amides is 1. The van der Waals surface area contributed by atoms with Crippen LogP contribution in [0.4, 0.5) is 0 Å². The number of amides is 2. The lowest BCUT2D eigenvalue weighted by molar-refractivity contribution is -0.114. The molecule has 0 spiro atoms. The highest BCUT2D eigenvalue weighted by atomic mass is 16.2. The number of fused-ring (bicyclic) bond motifs is 3. The Labute approximate surface area is 157 Å². The molecule has 1 aliphatic heterocycles. The maximum absolute atomic E-state index is 12.7. The number of hydrogen-bond donors (Lipinski definition) is 1. The third kappa shape index (κ3) is 2.97. The second-order valence-corrected chi connectivity index (χ2v) is 6.88. The molecule has 5 heteroatoms. The van der Waals surface area contributed by atoms with E-state index in [-0.39, 0.29) is 18.0 Å². The standard InChI is InChI=1S/C22H19N3O2/c1-13-3-8-20(24-10-13)16-5-4-15-6-7-17-19(18(15)9-16)12-25(22(17)27)11-14(2)21(23)26/h3-10H,2,11-12H2,1H3,(H2,23,26). The monoisotopic (exact) mass is 357 g/mol. The molecule has 27 heavy (non-hydrogen) atoms. The van der Waals surface area contributed by atoms with Gasteiger partial charge in [0.1, 0.15) is 0 Å². The number of pyridine rings is 1. The number of aromatic nitrogens is 1. The van der Waals surface area contributed by atoms with E-state index >= 15 is 0 Å². The van der Waals surface area contributed by atoms with Gasteiger partial charge in [-0.05, 0) is 47.0 Å². The number of benzene rings is 2. The molecule has 0 fully saturated rings. The fourth-order valence-electron chi connectivity index (χ4n) is 3.42. The third-order valence-electron chi connectivity index (χ3n) is 4.94. The Morgan fingerprint density at radius 3 is 2.70 bits per heavy atom. The molecule has 0 atom stereocenters. The highest BCUT2D eigenvalue weighted by Crippen LogP contribution is 2.33. The van der Waals surface area contributed by atoms with Crippen molar-refractivity contribution in [3.05, 3.63) is 77.5 Å². The van der Waals surface area contributed by atoms with Gasteiger partial charge in [-0.25, -0.2) is 0 Å². The first kappa shape index (κ1) is 17.0. The summed E-state index contributed by atoms with van der Waals surface area (Å²) in [5, 5.41) is 2.08. The van der Waals surface area contributed by atoms with Gasteiger partial charge in [-0.3, -0.25) is 14.6 Å². The molecule has 2 amide bonds. The van der Waals surface area contributed by atoms with Gasteiger partial charge in [0.05, 0.1) is 12.2 Å². The third-order valence-corrected chi connectivity index (χ3v) is 4.94. The minimum Gasteiger partial charge on any atom is -0.366 e. The van der Waals surface area contributed by atoms with Crippen molar-refractivity contribution in [1.82, 2.24) is 9.88 Å². The molecule has 0 aliphatic carbocycles. The van der Waals surface area contributed by atoms with Crippen LogP contribution in [0.15, 0.2) is 60.8 Å². The van der Waals surface area contributed by atoms with Crippen LogP contribution in [0.3, 0.4) is 0 Å². The van der Waals surface area contributed by atoms with Gasteiger partial charge in [-0.15, -0.1) is 0 Å². The number of carbonyl (C=O) groups is 2. The van der Waals surface area contributed by atoms with E-state index in [1.807, 2.05) is 49.5 Å². The predicted octanol–water partition coefficient (Wildman–Crippen LogP) is 3.21. The van der Waals surface area contributed by atoms with Crippen molar-refractivity contribution in [1.29, 1.82) is 0 Å². The number of aryl methyl sites for hydroxylation is 1. The molecule has 2 aromatic carbocycles. The van der Waals surface area contributed by atoms with Crippen LogP contribution in [0.1, 0.15) is 21.5 Å². The van der Waals surface area contributed by atoms with Crippen LogP contribution in [0.25, 0.3) is 22.0 Å². The van der Waals surface area contributed by atoms with E-state index in [9.17, 15) is 9.59 Å². The van der Waals surface area contributed by atoms with Gasteiger partial charge in [0, 0.05) is 29.4 Å². The Bertz CT molecular complexity index is 1100. The number of rotatable bonds is 4. The zero-order chi connectivity index (χ0) is 19.1. The normalized spacial score (nSPS) is 13.1. The van der Waals surface area contributed by atoms with E-state index in [1.54, 1.807) is 4.90 Å². The van der Waals surface area contributed by atoms with Gasteiger partial charge in [0.25, 0.3) is 5.91 Å². The number of nitrogens with zero attached hydrogens (tertiary/aromatic N) is 2. The number of nitrogens with two attached hydrogens (primary N) is 1. The summed E-state index contributed by atoms with van der Waals surface area (Å²) in [6.07, 6.45) is 1.84. The van der Waals surface area contributed by atoms with Crippen molar-refractivity contribution in [2.45, 2.75) is 13.5 Å². The van der Waals surface area contributed by atoms with Gasteiger partial charge in [-0.2, -0.15) is 0 Å². The van der Waals surface area contributed by atoms with Gasteiger partial charge in [-0.1, -0.05) is 30.8 Å². The average molecular weight is 357 g/mol. The molecule has 5 nitrogen and oxygen atoms in total. The quantitative estimate of drug-likeness (QED) is 0.729. The first-order valence-corrected chi connectivity index (χ1v) is 8.69. The van der Waals surface area contributed by atoms with Crippen LogP contribution in [-0.2, 0) is 11.3 Å². The fraction of sp³-hybridized carbons (Fsp3) is 0.136. The molecule has 3 aromatic rings. The van der Waals surface area contributed by atoms with Gasteiger partial charge in [0.2, 0.25) is 5.91 Å². The van der Waals surface area contributed by atoms with Crippen LogP contribution in [0.5, 0.6) is 0 Å². The van der Waals surface area contributed by atoms with Crippen molar-refractivity contribution < 1.29 is 9.59 Å². The van der Waals surface area contributed by atoms with E-state index < -0.39 is 5.91 Å². The second kappa shape index (κ2) is 6.36. The molecule has 0 radical (unpaired) electrons. The lowest BCUT2D eigenvalue weighted by atomic mass is 9.97. The van der Waals surface area contributed by atoms with Crippen LogP contribution in [0, 0.1) is 6.92 Å².